The summed E-state index contributed by atoms with van der Waals surface area (Å²) < 4.78 is 24.1. The maximum absolute atomic E-state index is 13.4. The molecule has 3 rings (SSSR count). The number of fused-ring (bicyclic) bond motifs is 1. The summed E-state index contributed by atoms with van der Waals surface area (Å²) in [6.07, 6.45) is 1.21. The van der Waals surface area contributed by atoms with Gasteiger partial charge in [0.05, 0.1) is 0 Å². The lowest BCUT2D eigenvalue weighted by Gasteiger charge is -2.33. The number of hydrogen-bond acceptors (Lipinski definition) is 4. The highest BCUT2D eigenvalue weighted by atomic mass is 19.1. The van der Waals surface area contributed by atoms with Crippen LogP contribution in [0.5, 0.6) is 11.5 Å². The third-order valence-corrected chi connectivity index (χ3v) is 5.21. The number of benzene rings is 2. The van der Waals surface area contributed by atoms with Crippen LogP contribution in [0, 0.1) is 5.82 Å². The van der Waals surface area contributed by atoms with E-state index < -0.39 is 11.6 Å². The molecular weight excluding hydrogens is 411 g/mol. The van der Waals surface area contributed by atoms with Crippen molar-refractivity contribution >= 4 is 11.8 Å². The molecule has 1 heterocycles. The fourth-order valence-corrected chi connectivity index (χ4v) is 3.65. The number of aryl methyl sites for hydroxylation is 1. The van der Waals surface area contributed by atoms with Crippen molar-refractivity contribution < 1.29 is 23.5 Å². The van der Waals surface area contributed by atoms with Gasteiger partial charge in [-0.1, -0.05) is 25.1 Å². The van der Waals surface area contributed by atoms with Crippen LogP contribution in [0.3, 0.4) is 0 Å². The minimum absolute atomic E-state index is 0.136. The van der Waals surface area contributed by atoms with Crippen LogP contribution in [0.25, 0.3) is 0 Å². The number of hydrogen-bond donors (Lipinski definition) is 1. The molecule has 0 radical (unpaired) electrons. The molecular formula is C25H31FN2O4. The summed E-state index contributed by atoms with van der Waals surface area (Å²) in [5.74, 6) is 0.699. The van der Waals surface area contributed by atoms with Crippen molar-refractivity contribution in [2.45, 2.75) is 65.1 Å². The smallest absolute Gasteiger partial charge is 0.243 e. The largest absolute Gasteiger partial charge is 0.454 e. The topological polar surface area (TPSA) is 67.9 Å². The predicted octanol–water partition coefficient (Wildman–Crippen LogP) is 4.21. The van der Waals surface area contributed by atoms with Crippen molar-refractivity contribution in [1.82, 2.24) is 10.2 Å². The van der Waals surface area contributed by atoms with E-state index in [9.17, 15) is 14.0 Å². The Labute approximate surface area is 188 Å². The van der Waals surface area contributed by atoms with Gasteiger partial charge in [-0.25, -0.2) is 4.39 Å². The Kier molecular flexibility index (Phi) is 7.38. The molecule has 2 aromatic rings. The van der Waals surface area contributed by atoms with E-state index in [4.69, 9.17) is 9.47 Å². The SMILES string of the molecule is CCC(C(=O)NC(C)(C)C)N(Cc1ccc(F)cc1)C(=O)CCc1ccc2c(c1)OCO2. The average molecular weight is 443 g/mol. The van der Waals surface area contributed by atoms with Crippen molar-refractivity contribution in [3.05, 3.63) is 59.4 Å². The van der Waals surface area contributed by atoms with E-state index in [1.807, 2.05) is 45.9 Å². The quantitative estimate of drug-likeness (QED) is 0.665. The van der Waals surface area contributed by atoms with Gasteiger partial charge in [0.25, 0.3) is 0 Å². The van der Waals surface area contributed by atoms with Crippen LogP contribution in [0.15, 0.2) is 42.5 Å². The molecule has 172 valence electrons. The van der Waals surface area contributed by atoms with Crippen LogP contribution < -0.4 is 14.8 Å². The molecule has 0 aromatic heterocycles. The molecule has 2 aromatic carbocycles. The van der Waals surface area contributed by atoms with Crippen LogP contribution in [0.4, 0.5) is 4.39 Å². The van der Waals surface area contributed by atoms with Gasteiger partial charge in [0, 0.05) is 18.5 Å². The Bertz CT molecular complexity index is 953. The Morgan fingerprint density at radius 1 is 1.06 bits per heavy atom. The number of nitrogens with zero attached hydrogens (tertiary/aromatic N) is 1. The fourth-order valence-electron chi connectivity index (χ4n) is 3.65. The van der Waals surface area contributed by atoms with E-state index in [2.05, 4.69) is 5.32 Å². The van der Waals surface area contributed by atoms with Crippen LogP contribution in [-0.4, -0.2) is 35.1 Å². The second kappa shape index (κ2) is 10.0. The summed E-state index contributed by atoms with van der Waals surface area (Å²) in [6, 6.07) is 11.0. The first-order valence-electron chi connectivity index (χ1n) is 10.9. The fraction of sp³-hybridized carbons (Fsp3) is 0.440. The van der Waals surface area contributed by atoms with Crippen molar-refractivity contribution in [1.29, 1.82) is 0 Å². The van der Waals surface area contributed by atoms with E-state index in [0.29, 0.717) is 24.3 Å². The molecule has 0 saturated carbocycles. The molecule has 0 aliphatic carbocycles. The Hall–Kier alpha value is -3.09. The molecule has 0 saturated heterocycles. The molecule has 0 spiro atoms. The highest BCUT2D eigenvalue weighted by molar-refractivity contribution is 5.88. The first-order chi connectivity index (χ1) is 15.2. The van der Waals surface area contributed by atoms with Crippen LogP contribution >= 0.6 is 0 Å². The van der Waals surface area contributed by atoms with Gasteiger partial charge >= 0.3 is 0 Å². The van der Waals surface area contributed by atoms with Gasteiger partial charge < -0.3 is 19.7 Å². The van der Waals surface area contributed by atoms with E-state index >= 15 is 0 Å². The zero-order valence-corrected chi connectivity index (χ0v) is 19.1. The van der Waals surface area contributed by atoms with Crippen molar-refractivity contribution in [2.75, 3.05) is 6.79 Å². The molecule has 2 amide bonds. The highest BCUT2D eigenvalue weighted by Gasteiger charge is 2.30. The lowest BCUT2D eigenvalue weighted by molar-refractivity contribution is -0.142. The molecule has 1 N–H and O–H groups in total. The van der Waals surface area contributed by atoms with Gasteiger partial charge in [0.1, 0.15) is 11.9 Å². The summed E-state index contributed by atoms with van der Waals surface area (Å²) in [5, 5.41) is 2.98. The summed E-state index contributed by atoms with van der Waals surface area (Å²) in [5.41, 5.74) is 1.31. The molecule has 0 fully saturated rings. The van der Waals surface area contributed by atoms with Crippen molar-refractivity contribution in [2.24, 2.45) is 0 Å². The van der Waals surface area contributed by atoms with Gasteiger partial charge in [-0.3, -0.25) is 9.59 Å². The zero-order chi connectivity index (χ0) is 23.3. The lowest BCUT2D eigenvalue weighted by atomic mass is 10.0. The van der Waals surface area contributed by atoms with E-state index in [-0.39, 0.29) is 37.4 Å². The highest BCUT2D eigenvalue weighted by Crippen LogP contribution is 2.32. The van der Waals surface area contributed by atoms with Gasteiger partial charge in [-0.2, -0.15) is 0 Å². The zero-order valence-electron chi connectivity index (χ0n) is 19.1. The number of ether oxygens (including phenoxy) is 2. The molecule has 1 unspecified atom stereocenters. The molecule has 0 bridgehead atoms. The van der Waals surface area contributed by atoms with Crippen molar-refractivity contribution in [3.8, 4) is 11.5 Å². The van der Waals surface area contributed by atoms with E-state index in [1.165, 1.54) is 12.1 Å². The second-order valence-corrected chi connectivity index (χ2v) is 9.00. The molecule has 6 nitrogen and oxygen atoms in total. The number of carbonyl (C=O) groups excluding carboxylic acids is 2. The maximum Gasteiger partial charge on any atom is 0.243 e. The molecule has 1 aliphatic heterocycles. The second-order valence-electron chi connectivity index (χ2n) is 9.00. The lowest BCUT2D eigenvalue weighted by Crippen LogP contribution is -2.53. The third-order valence-electron chi connectivity index (χ3n) is 5.21. The number of amides is 2. The van der Waals surface area contributed by atoms with Crippen LogP contribution in [0.1, 0.15) is 51.7 Å². The molecule has 7 heteroatoms. The normalized spacial score (nSPS) is 13.5. The van der Waals surface area contributed by atoms with Crippen molar-refractivity contribution in [3.63, 3.8) is 0 Å². The summed E-state index contributed by atoms with van der Waals surface area (Å²) >= 11 is 0. The van der Waals surface area contributed by atoms with Gasteiger partial charge in [0.2, 0.25) is 18.6 Å². The minimum atomic E-state index is -0.622. The predicted molar refractivity (Wildman–Crippen MR) is 120 cm³/mol. The monoisotopic (exact) mass is 442 g/mol. The van der Waals surface area contributed by atoms with E-state index in [1.54, 1.807) is 17.0 Å². The Morgan fingerprint density at radius 3 is 2.38 bits per heavy atom. The summed E-state index contributed by atoms with van der Waals surface area (Å²) in [7, 11) is 0. The Morgan fingerprint density at radius 2 is 1.72 bits per heavy atom. The molecule has 32 heavy (non-hydrogen) atoms. The summed E-state index contributed by atoms with van der Waals surface area (Å²) in [4.78, 5) is 27.9. The van der Waals surface area contributed by atoms with Gasteiger partial charge in [-0.15, -0.1) is 0 Å². The first kappa shape index (κ1) is 23.6. The van der Waals surface area contributed by atoms with Gasteiger partial charge in [-0.05, 0) is 69.0 Å². The summed E-state index contributed by atoms with van der Waals surface area (Å²) in [6.45, 7) is 8.03. The van der Waals surface area contributed by atoms with Gasteiger partial charge in [0.15, 0.2) is 11.5 Å². The molecule has 1 atom stereocenters. The number of carbonyl (C=O) groups is 2. The third kappa shape index (κ3) is 6.22. The van der Waals surface area contributed by atoms with E-state index in [0.717, 1.165) is 11.1 Å². The first-order valence-corrected chi connectivity index (χ1v) is 10.9. The minimum Gasteiger partial charge on any atom is -0.454 e. The van der Waals surface area contributed by atoms with Crippen LogP contribution in [0.2, 0.25) is 0 Å². The molecule has 1 aliphatic rings. The number of nitrogens with one attached hydrogen (secondary N) is 1. The standard InChI is InChI=1S/C25H31FN2O4/c1-5-20(24(30)27-25(2,3)4)28(15-18-6-10-19(26)11-7-18)23(29)13-9-17-8-12-21-22(14-17)32-16-31-21/h6-8,10-12,14,20H,5,9,13,15-16H2,1-4H3,(H,27,30). The number of halogens is 1. The van der Waals surface area contributed by atoms with Crippen LogP contribution in [-0.2, 0) is 22.6 Å². The maximum atomic E-state index is 13.4. The average Bonchev–Trinajstić information content (AvgIpc) is 3.20. The number of rotatable bonds is 8. The Balaban J connectivity index is 1.77.